The second-order valence-corrected chi connectivity index (χ2v) is 9.96. The zero-order valence-electron chi connectivity index (χ0n) is 18.2. The molecule has 31 heavy (non-hydrogen) atoms. The van der Waals surface area contributed by atoms with Gasteiger partial charge in [0.25, 0.3) is 5.91 Å². The molecular weight excluding hydrogens is 410 g/mol. The lowest BCUT2D eigenvalue weighted by molar-refractivity contribution is -0.140. The maximum Gasteiger partial charge on any atom is 0.305 e. The Morgan fingerprint density at radius 3 is 2.90 bits per heavy atom. The van der Waals surface area contributed by atoms with Crippen LogP contribution in [0.2, 0.25) is 0 Å². The molecule has 1 unspecified atom stereocenters. The number of thiophene rings is 1. The van der Waals surface area contributed by atoms with Gasteiger partial charge in [-0.05, 0) is 81.4 Å². The van der Waals surface area contributed by atoms with Crippen molar-refractivity contribution >= 4 is 33.3 Å². The minimum absolute atomic E-state index is 0.0286. The average Bonchev–Trinajstić information content (AvgIpc) is 3.46. The van der Waals surface area contributed by atoms with Gasteiger partial charge in [-0.3, -0.25) is 9.59 Å². The van der Waals surface area contributed by atoms with E-state index in [9.17, 15) is 14.7 Å². The lowest BCUT2D eigenvalue weighted by Crippen LogP contribution is -2.44. The summed E-state index contributed by atoms with van der Waals surface area (Å²) in [6, 6.07) is 5.41. The van der Waals surface area contributed by atoms with Crippen molar-refractivity contribution in [1.82, 2.24) is 5.32 Å². The number of nitrogens with one attached hydrogen (secondary N) is 1. The van der Waals surface area contributed by atoms with E-state index in [2.05, 4.69) is 18.3 Å². The first-order chi connectivity index (χ1) is 15.0. The molecule has 2 aromatic rings. The molecule has 1 aromatic carbocycles. The zero-order valence-corrected chi connectivity index (χ0v) is 19.0. The van der Waals surface area contributed by atoms with Gasteiger partial charge in [0.1, 0.15) is 5.75 Å². The number of esters is 1. The molecular formula is C25H31NO4S. The van der Waals surface area contributed by atoms with E-state index in [1.807, 2.05) is 11.4 Å². The molecule has 0 saturated heterocycles. The van der Waals surface area contributed by atoms with Gasteiger partial charge < -0.3 is 15.2 Å². The summed E-state index contributed by atoms with van der Waals surface area (Å²) in [4.78, 5) is 24.4. The minimum Gasteiger partial charge on any atom is -0.508 e. The van der Waals surface area contributed by atoms with Crippen molar-refractivity contribution in [3.63, 3.8) is 0 Å². The normalized spacial score (nSPS) is 25.2. The summed E-state index contributed by atoms with van der Waals surface area (Å²) in [6.45, 7) is 2.16. The molecule has 2 bridgehead atoms. The molecule has 1 amide bonds. The van der Waals surface area contributed by atoms with Gasteiger partial charge in [-0.1, -0.05) is 11.6 Å². The first kappa shape index (κ1) is 21.9. The van der Waals surface area contributed by atoms with Crippen molar-refractivity contribution in [2.45, 2.75) is 57.9 Å². The zero-order chi connectivity index (χ0) is 22.0. The molecule has 1 aromatic heterocycles. The maximum atomic E-state index is 13.2. The fraction of sp³-hybridized carbons (Fsp3) is 0.520. The van der Waals surface area contributed by atoms with Gasteiger partial charge in [-0.15, -0.1) is 11.3 Å². The molecule has 4 atom stereocenters. The lowest BCUT2D eigenvalue weighted by atomic mass is 9.80. The summed E-state index contributed by atoms with van der Waals surface area (Å²) in [5, 5.41) is 15.9. The second kappa shape index (κ2) is 9.43. The van der Waals surface area contributed by atoms with E-state index in [-0.39, 0.29) is 23.7 Å². The van der Waals surface area contributed by atoms with E-state index in [4.69, 9.17) is 4.74 Å². The molecule has 4 rings (SSSR count). The molecule has 166 valence electrons. The summed E-state index contributed by atoms with van der Waals surface area (Å²) in [5.74, 6) is 1.71. The first-order valence-corrected chi connectivity index (χ1v) is 12.1. The Labute approximate surface area is 187 Å². The number of amides is 1. The number of carbonyl (C=O) groups excluding carboxylic acids is 2. The van der Waals surface area contributed by atoms with Crippen molar-refractivity contribution in [2.75, 3.05) is 7.11 Å². The molecule has 2 saturated carbocycles. The lowest BCUT2D eigenvalue weighted by Gasteiger charge is -2.32. The van der Waals surface area contributed by atoms with Gasteiger partial charge in [0.15, 0.2) is 0 Å². The van der Waals surface area contributed by atoms with Crippen LogP contribution in [-0.4, -0.2) is 30.1 Å². The Balaban J connectivity index is 1.41. The van der Waals surface area contributed by atoms with E-state index in [0.717, 1.165) is 29.3 Å². The van der Waals surface area contributed by atoms with Crippen LogP contribution in [0.15, 0.2) is 35.2 Å². The average molecular weight is 442 g/mol. The SMILES string of the molecule is COC(=O)CCC/C=C(/C)C[C@@H]1C(NC(=O)c2csc3ccc(O)cc23)[C@@H]2CC[C@H]1C2. The van der Waals surface area contributed by atoms with E-state index >= 15 is 0 Å². The van der Waals surface area contributed by atoms with Crippen molar-refractivity contribution < 1.29 is 19.4 Å². The number of aromatic hydroxyl groups is 1. The highest BCUT2D eigenvalue weighted by atomic mass is 32.1. The van der Waals surface area contributed by atoms with Gasteiger partial charge >= 0.3 is 5.97 Å². The van der Waals surface area contributed by atoms with Crippen molar-refractivity contribution in [1.29, 1.82) is 0 Å². The van der Waals surface area contributed by atoms with Gasteiger partial charge in [0.2, 0.25) is 0 Å². The Morgan fingerprint density at radius 2 is 2.10 bits per heavy atom. The van der Waals surface area contributed by atoms with Crippen LogP contribution in [0.1, 0.15) is 62.2 Å². The highest BCUT2D eigenvalue weighted by Gasteiger charge is 2.47. The molecule has 6 heteroatoms. The smallest absolute Gasteiger partial charge is 0.305 e. The topological polar surface area (TPSA) is 75.6 Å². The third-order valence-corrected chi connectivity index (χ3v) is 8.01. The van der Waals surface area contributed by atoms with Crippen molar-refractivity contribution in [3.8, 4) is 5.75 Å². The van der Waals surface area contributed by atoms with Crippen LogP contribution >= 0.6 is 11.3 Å². The third kappa shape index (κ3) is 4.79. The summed E-state index contributed by atoms with van der Waals surface area (Å²) >= 11 is 1.54. The number of phenols is 1. The van der Waals surface area contributed by atoms with Gasteiger partial charge in [0, 0.05) is 27.9 Å². The van der Waals surface area contributed by atoms with Crippen molar-refractivity contribution in [2.24, 2.45) is 17.8 Å². The predicted octanol–water partition coefficient (Wildman–Crippen LogP) is 5.43. The predicted molar refractivity (Wildman–Crippen MR) is 123 cm³/mol. The van der Waals surface area contributed by atoms with E-state index < -0.39 is 0 Å². The number of ether oxygens (including phenoxy) is 1. The number of allylic oxidation sites excluding steroid dienone is 2. The van der Waals surface area contributed by atoms with Crippen LogP contribution in [0.3, 0.4) is 0 Å². The molecule has 0 radical (unpaired) electrons. The van der Waals surface area contributed by atoms with Crippen molar-refractivity contribution in [3.05, 3.63) is 40.8 Å². The molecule has 2 aliphatic rings. The van der Waals surface area contributed by atoms with E-state index in [0.29, 0.717) is 29.7 Å². The maximum absolute atomic E-state index is 13.2. The number of hydrogen-bond donors (Lipinski definition) is 2. The fourth-order valence-corrected chi connectivity index (χ4v) is 6.42. The Hall–Kier alpha value is -2.34. The quantitative estimate of drug-likeness (QED) is 0.325. The molecule has 1 heterocycles. The third-order valence-electron chi connectivity index (χ3n) is 7.05. The fourth-order valence-electron chi connectivity index (χ4n) is 5.50. The molecule has 2 fully saturated rings. The monoisotopic (exact) mass is 441 g/mol. The second-order valence-electron chi connectivity index (χ2n) is 9.05. The van der Waals surface area contributed by atoms with Crippen LogP contribution in [0.4, 0.5) is 0 Å². The molecule has 2 N–H and O–H groups in total. The number of unbranched alkanes of at least 4 members (excludes halogenated alkanes) is 1. The number of carbonyl (C=O) groups is 2. The molecule has 0 aliphatic heterocycles. The largest absolute Gasteiger partial charge is 0.508 e. The summed E-state index contributed by atoms with van der Waals surface area (Å²) < 4.78 is 5.71. The highest BCUT2D eigenvalue weighted by Crippen LogP contribution is 2.50. The highest BCUT2D eigenvalue weighted by molar-refractivity contribution is 7.17. The number of phenolic OH excluding ortho intramolecular Hbond substituents is 1. The number of rotatable bonds is 8. The van der Waals surface area contributed by atoms with Gasteiger partial charge in [-0.25, -0.2) is 0 Å². The Kier molecular flexibility index (Phi) is 6.65. The minimum atomic E-state index is -0.156. The van der Waals surface area contributed by atoms with Crippen LogP contribution in [0, 0.1) is 17.8 Å². The number of methoxy groups -OCH3 is 1. The molecule has 0 spiro atoms. The Bertz CT molecular complexity index is 995. The molecule has 5 nitrogen and oxygen atoms in total. The van der Waals surface area contributed by atoms with Crippen LogP contribution in [0.5, 0.6) is 5.75 Å². The number of hydrogen-bond acceptors (Lipinski definition) is 5. The van der Waals surface area contributed by atoms with Crippen LogP contribution in [-0.2, 0) is 9.53 Å². The number of fused-ring (bicyclic) bond motifs is 3. The summed E-state index contributed by atoms with van der Waals surface area (Å²) in [6.07, 6.45) is 9.03. The van der Waals surface area contributed by atoms with Crippen LogP contribution in [0.25, 0.3) is 10.1 Å². The number of benzene rings is 1. The van der Waals surface area contributed by atoms with Gasteiger partial charge in [0.05, 0.1) is 12.7 Å². The van der Waals surface area contributed by atoms with Crippen LogP contribution < -0.4 is 5.32 Å². The Morgan fingerprint density at radius 1 is 1.29 bits per heavy atom. The summed E-state index contributed by atoms with van der Waals surface area (Å²) in [7, 11) is 1.43. The molecule has 2 aliphatic carbocycles. The van der Waals surface area contributed by atoms with Gasteiger partial charge in [-0.2, -0.15) is 0 Å². The van der Waals surface area contributed by atoms with E-state index in [1.165, 1.54) is 43.3 Å². The standard InChI is InChI=1S/C25H31NO4S/c1-15(5-3-4-6-23(28)30-2)11-19-16-7-8-17(12-16)24(19)26-25(29)21-14-31-22-10-9-18(27)13-20(21)22/h5,9-10,13-14,16-17,19,24,27H,3-4,6-8,11-12H2,1-2H3,(H,26,29)/b15-5-/t16-,17+,19-,24?/m0/s1. The first-order valence-electron chi connectivity index (χ1n) is 11.2. The van der Waals surface area contributed by atoms with E-state index in [1.54, 1.807) is 12.1 Å². The summed E-state index contributed by atoms with van der Waals surface area (Å²) in [5.41, 5.74) is 2.00.